The number of fused-ring (bicyclic) bond motifs is 2. The highest BCUT2D eigenvalue weighted by atomic mass is 16.4. The van der Waals surface area contributed by atoms with Crippen molar-refractivity contribution in [2.75, 3.05) is 26.3 Å². The molecule has 33 nitrogen and oxygen atoms in total. The number of aromatic amines is 3. The highest BCUT2D eigenvalue weighted by molar-refractivity contribution is 6.00. The molecule has 100 heavy (non-hydrogen) atoms. The van der Waals surface area contributed by atoms with E-state index in [9.17, 15) is 78.0 Å². The van der Waals surface area contributed by atoms with E-state index < -0.39 is 163 Å². The molecule has 33 heteroatoms. The summed E-state index contributed by atoms with van der Waals surface area (Å²) in [5.74, 6) is -11.3. The Morgan fingerprint density at radius 1 is 0.550 bits per heavy atom. The minimum atomic E-state index is -1.76. The number of amides is 11. The molecule has 1 fully saturated rings. The van der Waals surface area contributed by atoms with Gasteiger partial charge in [0.1, 0.15) is 60.4 Å². The monoisotopic (exact) mass is 1400 g/mol. The second kappa shape index (κ2) is 37.9. The number of hydrogen-bond acceptors (Lipinski definition) is 18. The van der Waals surface area contributed by atoms with Crippen LogP contribution in [0.1, 0.15) is 110 Å². The quantitative estimate of drug-likeness (QED) is 0.0178. The average molecular weight is 1400 g/mol. The number of carbonyl (C=O) groups excluding carboxylic acids is 11. The number of nitrogens with one attached hydrogen (secondary N) is 13. The molecule has 2 aromatic carbocycles. The van der Waals surface area contributed by atoms with Crippen LogP contribution in [0.25, 0.3) is 21.8 Å². The fourth-order valence-electron chi connectivity index (χ4n) is 11.6. The third-order valence-corrected chi connectivity index (χ3v) is 17.1. The van der Waals surface area contributed by atoms with Gasteiger partial charge in [0, 0.05) is 71.9 Å². The first-order chi connectivity index (χ1) is 47.5. The van der Waals surface area contributed by atoms with Crippen molar-refractivity contribution in [3.63, 3.8) is 0 Å². The van der Waals surface area contributed by atoms with E-state index in [1.165, 1.54) is 38.2 Å². The lowest BCUT2D eigenvalue weighted by molar-refractivity contribution is -0.147. The number of aliphatic hydroxyl groups excluding tert-OH is 3. The van der Waals surface area contributed by atoms with E-state index in [2.05, 4.69) is 73.1 Å². The van der Waals surface area contributed by atoms with Crippen LogP contribution < -0.4 is 64.6 Å². The summed E-state index contributed by atoms with van der Waals surface area (Å²) >= 11 is 0. The van der Waals surface area contributed by atoms with E-state index in [4.69, 9.17) is 11.5 Å². The number of hydrogen-bond donors (Lipinski definition) is 19. The summed E-state index contributed by atoms with van der Waals surface area (Å²) in [7, 11) is 0. The van der Waals surface area contributed by atoms with Crippen LogP contribution in [0.5, 0.6) is 0 Å². The van der Waals surface area contributed by atoms with Gasteiger partial charge in [0.15, 0.2) is 6.04 Å². The number of nitrogens with zero attached hydrogens (tertiary/aromatic N) is 2. The molecule has 4 heterocycles. The Balaban J connectivity index is 1.17. The number of carboxylic acid groups (broad SMARTS) is 1. The fourth-order valence-corrected chi connectivity index (χ4v) is 11.6. The number of carboxylic acids is 1. The van der Waals surface area contributed by atoms with Crippen LogP contribution in [-0.4, -0.2) is 221 Å². The first-order valence-corrected chi connectivity index (χ1v) is 33.5. The Bertz CT molecular complexity index is 3630. The number of imidazole rings is 1. The van der Waals surface area contributed by atoms with E-state index in [0.717, 1.165) is 0 Å². The van der Waals surface area contributed by atoms with Gasteiger partial charge in [-0.2, -0.15) is 0 Å². The Kier molecular flexibility index (Phi) is 30.0. The zero-order valence-corrected chi connectivity index (χ0v) is 57.2. The molecule has 0 radical (unpaired) electrons. The maximum Gasteiger partial charge on any atom is 0.328 e. The highest BCUT2D eigenvalue weighted by Crippen LogP contribution is 2.24. The zero-order chi connectivity index (χ0) is 73.5. The molecule has 0 bridgehead atoms. The molecule has 3 aromatic heterocycles. The standard InChI is InChI=1S/C67H97N17O16/c1-34(2)23-48(59(91)74-36(5)56(88)76-47(19-12-13-21-68)66(98)84-22-14-20-54(84)65(97)83-55(38(7)87)67(99)100)77-57(89)37(6)75-60(92)49(24-35(3)4)78-61(93)50(25-39-28-71-45-17-10-8-15-42(39)45)79-62(94)51(26-40-29-72-46-18-11-9-16-43(40)46)80-63(95)53(32-86)82-64(96)52(31-85)81-58(90)44(69)27-41-30-70-33-73-41/h8-11,15-18,28-30,33-38,44,47-55,71-72,85-87H,12-14,19-27,31-32,68-69H2,1-7H3,(H,70,73)(H,74,91)(H,75,92)(H,76,88)(H,77,89)(H,78,93)(H,79,94)(H,80,95)(H,81,90)(H,82,96)(H,83,97)(H,99,100)/t36-,37-,38+,44-,47-,48-,49-,50-,51-,52-,53-,54-,55-/m0/s1. The Labute approximate surface area is 577 Å². The molecule has 1 aliphatic rings. The SMILES string of the molecule is CC(C)C[C@H](NC(=O)[C@H](C)NC(=O)[C@H](CC(C)C)NC(=O)[C@H](Cc1c[nH]c2ccccc12)NC(=O)[C@H](Cc1c[nH]c2ccccc12)NC(=O)[C@H](CO)NC(=O)[C@H](CO)NC(=O)[C@@H](N)Cc1cnc[nH]1)C(=O)N[C@@H](C)C(=O)N[C@@H](CCCCN)C(=O)N1CCC[C@H]1C(=O)N[C@H](C(=O)O)[C@@H](C)O. The third-order valence-electron chi connectivity index (χ3n) is 17.1. The second-order valence-corrected chi connectivity index (χ2v) is 26.1. The van der Waals surface area contributed by atoms with E-state index in [1.54, 1.807) is 88.6 Å². The number of H-pyrrole nitrogens is 3. The van der Waals surface area contributed by atoms with Gasteiger partial charge >= 0.3 is 5.97 Å². The van der Waals surface area contributed by atoms with Crippen LogP contribution in [-0.2, 0) is 76.8 Å². The summed E-state index contributed by atoms with van der Waals surface area (Å²) in [6.07, 6.45) is 5.86. The van der Waals surface area contributed by atoms with Gasteiger partial charge in [-0.25, -0.2) is 9.78 Å². The molecule has 5 aromatic rings. The first-order valence-electron chi connectivity index (χ1n) is 33.5. The Morgan fingerprint density at radius 3 is 1.44 bits per heavy atom. The van der Waals surface area contributed by atoms with E-state index in [1.807, 2.05) is 0 Å². The van der Waals surface area contributed by atoms with Gasteiger partial charge in [-0.15, -0.1) is 0 Å². The van der Waals surface area contributed by atoms with Gasteiger partial charge in [-0.1, -0.05) is 64.1 Å². The lowest BCUT2D eigenvalue weighted by Crippen LogP contribution is -2.61. The molecule has 546 valence electrons. The van der Waals surface area contributed by atoms with E-state index in [-0.39, 0.29) is 69.9 Å². The number of benzene rings is 2. The van der Waals surface area contributed by atoms with Crippen LogP contribution in [0, 0.1) is 11.8 Å². The number of rotatable bonds is 39. The zero-order valence-electron chi connectivity index (χ0n) is 57.2. The van der Waals surface area contributed by atoms with Gasteiger partial charge in [-0.3, -0.25) is 52.7 Å². The lowest BCUT2D eigenvalue weighted by Gasteiger charge is -2.30. The van der Waals surface area contributed by atoms with Crippen molar-refractivity contribution in [2.45, 2.75) is 191 Å². The summed E-state index contributed by atoms with van der Waals surface area (Å²) in [6, 6.07) is -2.55. The number of aliphatic carboxylic acids is 1. The molecule has 21 N–H and O–H groups in total. The Morgan fingerprint density at radius 2 is 0.990 bits per heavy atom. The maximum atomic E-state index is 15.0. The number of carbonyl (C=O) groups is 12. The van der Waals surface area contributed by atoms with Gasteiger partial charge in [-0.05, 0) is 107 Å². The van der Waals surface area contributed by atoms with Crippen LogP contribution in [0.4, 0.5) is 0 Å². The highest BCUT2D eigenvalue weighted by Gasteiger charge is 2.41. The van der Waals surface area contributed by atoms with Crippen molar-refractivity contribution in [3.8, 4) is 0 Å². The summed E-state index contributed by atoms with van der Waals surface area (Å²) in [6.45, 7) is 9.50. The third kappa shape index (κ3) is 22.6. The molecule has 0 spiro atoms. The molecule has 1 saturated heterocycles. The van der Waals surface area contributed by atoms with Crippen molar-refractivity contribution < 1.29 is 78.0 Å². The molecule has 1 aliphatic heterocycles. The summed E-state index contributed by atoms with van der Waals surface area (Å²) in [5.41, 5.74) is 14.8. The number of aromatic nitrogens is 4. The van der Waals surface area contributed by atoms with Gasteiger partial charge in [0.25, 0.3) is 0 Å². The van der Waals surface area contributed by atoms with Crippen LogP contribution >= 0.6 is 0 Å². The fraction of sp³-hybridized carbons (Fsp3) is 0.537. The lowest BCUT2D eigenvalue weighted by atomic mass is 9.99. The van der Waals surface area contributed by atoms with Crippen molar-refractivity contribution in [3.05, 3.63) is 90.3 Å². The number of nitrogens with two attached hydrogens (primary N) is 2. The second-order valence-electron chi connectivity index (χ2n) is 26.1. The summed E-state index contributed by atoms with van der Waals surface area (Å²) < 4.78 is 0. The number of para-hydroxylation sites is 2. The molecule has 0 saturated carbocycles. The largest absolute Gasteiger partial charge is 0.480 e. The number of unbranched alkanes of at least 4 members (excludes halogenated alkanes) is 1. The molecule has 0 unspecified atom stereocenters. The molecular weight excluding hydrogens is 1300 g/mol. The predicted molar refractivity (Wildman–Crippen MR) is 365 cm³/mol. The van der Waals surface area contributed by atoms with Crippen LogP contribution in [0.2, 0.25) is 0 Å². The topological polar surface area (TPSA) is 522 Å². The minimum Gasteiger partial charge on any atom is -0.480 e. The molecule has 11 amide bonds. The van der Waals surface area contributed by atoms with Gasteiger partial charge in [0.05, 0.1) is 31.7 Å². The average Bonchev–Trinajstić information content (AvgIpc) is 1.63. The predicted octanol–water partition coefficient (Wildman–Crippen LogP) is -2.72. The van der Waals surface area contributed by atoms with Crippen molar-refractivity contribution in [2.24, 2.45) is 23.3 Å². The normalized spacial score (nSPS) is 16.6. The van der Waals surface area contributed by atoms with Crippen molar-refractivity contribution in [1.82, 2.24) is 78.0 Å². The van der Waals surface area contributed by atoms with Crippen molar-refractivity contribution in [1.29, 1.82) is 0 Å². The number of aliphatic hydroxyl groups is 3. The maximum absolute atomic E-state index is 15.0. The molecule has 0 aliphatic carbocycles. The van der Waals surface area contributed by atoms with Gasteiger partial charge in [0.2, 0.25) is 65.0 Å². The van der Waals surface area contributed by atoms with Crippen molar-refractivity contribution >= 4 is 92.8 Å². The van der Waals surface area contributed by atoms with E-state index in [0.29, 0.717) is 57.9 Å². The summed E-state index contributed by atoms with van der Waals surface area (Å²) in [4.78, 5) is 181. The summed E-state index contributed by atoms with van der Waals surface area (Å²) in [5, 5.41) is 67.3. The first kappa shape index (κ1) is 79.2. The van der Waals surface area contributed by atoms with Crippen LogP contribution in [0.3, 0.4) is 0 Å². The minimum absolute atomic E-state index is 0.000926. The van der Waals surface area contributed by atoms with Crippen LogP contribution in [0.15, 0.2) is 73.4 Å². The smallest absolute Gasteiger partial charge is 0.328 e. The molecule has 13 atom stereocenters. The van der Waals surface area contributed by atoms with Gasteiger partial charge < -0.3 is 105 Å². The molecular formula is C67H97N17O16. The number of likely N-dealkylation sites (tertiary alicyclic amines) is 1. The molecule has 6 rings (SSSR count). The van der Waals surface area contributed by atoms with E-state index >= 15 is 0 Å². The Hall–Kier alpha value is -9.83.